The topological polar surface area (TPSA) is 50.4 Å². The van der Waals surface area contributed by atoms with Gasteiger partial charge in [-0.25, -0.2) is 4.79 Å². The Morgan fingerprint density at radius 1 is 1.27 bits per heavy atom. The Bertz CT molecular complexity index is 359. The van der Waals surface area contributed by atoms with E-state index in [2.05, 4.69) is 36.6 Å². The number of nitrogens with one attached hydrogen (secondary N) is 2. The van der Waals surface area contributed by atoms with Crippen molar-refractivity contribution < 1.29 is 9.53 Å². The highest BCUT2D eigenvalue weighted by Crippen LogP contribution is 2.17. The number of carbonyl (C=O) groups excluding carboxylic acids is 1. The third-order valence-corrected chi connectivity index (χ3v) is 4.07. The van der Waals surface area contributed by atoms with E-state index in [0.717, 1.165) is 19.0 Å². The molecule has 0 heterocycles. The molecule has 0 aromatic carbocycles. The fraction of sp³-hybridized carbons (Fsp3) is 0.833. The summed E-state index contributed by atoms with van der Waals surface area (Å²) in [5.41, 5.74) is -0.440. The van der Waals surface area contributed by atoms with Crippen LogP contribution in [0.3, 0.4) is 0 Å². The van der Waals surface area contributed by atoms with Crippen molar-refractivity contribution in [3.8, 4) is 0 Å². The van der Waals surface area contributed by atoms with E-state index < -0.39 is 5.60 Å². The molecule has 0 saturated heterocycles. The van der Waals surface area contributed by atoms with E-state index in [1.165, 1.54) is 19.3 Å². The zero-order valence-corrected chi connectivity index (χ0v) is 14.9. The zero-order chi connectivity index (χ0) is 16.6. The lowest BCUT2D eigenvalue weighted by Crippen LogP contribution is -2.40. The number of hydrogen-bond acceptors (Lipinski definition) is 3. The van der Waals surface area contributed by atoms with Crippen LogP contribution in [-0.2, 0) is 4.74 Å². The molecule has 22 heavy (non-hydrogen) atoms. The molecule has 1 amide bonds. The predicted molar refractivity (Wildman–Crippen MR) is 91.9 cm³/mol. The molecule has 4 heteroatoms. The summed E-state index contributed by atoms with van der Waals surface area (Å²) in [5.74, 6) is 1.71. The number of carbonyl (C=O) groups is 1. The van der Waals surface area contributed by atoms with E-state index in [-0.39, 0.29) is 6.09 Å². The first-order valence-electron chi connectivity index (χ1n) is 8.60. The lowest BCUT2D eigenvalue weighted by molar-refractivity contribution is 0.0514. The summed E-state index contributed by atoms with van der Waals surface area (Å²) in [4.78, 5) is 11.7. The van der Waals surface area contributed by atoms with Gasteiger partial charge < -0.3 is 15.4 Å². The van der Waals surface area contributed by atoms with Gasteiger partial charge in [0.25, 0.3) is 0 Å². The summed E-state index contributed by atoms with van der Waals surface area (Å²) in [6.07, 6.45) is 7.93. The van der Waals surface area contributed by atoms with Gasteiger partial charge in [-0.05, 0) is 70.9 Å². The van der Waals surface area contributed by atoms with Gasteiger partial charge in [0.15, 0.2) is 0 Å². The van der Waals surface area contributed by atoms with Crippen LogP contribution in [0, 0.1) is 17.8 Å². The molecule has 0 bridgehead atoms. The number of allylic oxidation sites excluding steroid dienone is 2. The Balaban J connectivity index is 2.26. The van der Waals surface area contributed by atoms with Crippen molar-refractivity contribution in [2.24, 2.45) is 17.8 Å². The van der Waals surface area contributed by atoms with E-state index in [1.807, 2.05) is 20.8 Å². The van der Waals surface area contributed by atoms with Gasteiger partial charge in [-0.2, -0.15) is 0 Å². The maximum Gasteiger partial charge on any atom is 0.407 e. The number of alkyl carbamates (subject to hydrolysis) is 1. The van der Waals surface area contributed by atoms with Crippen LogP contribution in [-0.4, -0.2) is 31.3 Å². The molecular weight excluding hydrogens is 276 g/mol. The maximum absolute atomic E-state index is 11.7. The van der Waals surface area contributed by atoms with Crippen LogP contribution in [0.4, 0.5) is 4.79 Å². The summed E-state index contributed by atoms with van der Waals surface area (Å²) in [5, 5.41) is 6.48. The number of hydrogen-bond donors (Lipinski definition) is 2. The number of rotatable bonds is 7. The average Bonchev–Trinajstić information content (AvgIpc) is 2.41. The first-order chi connectivity index (χ1) is 10.3. The lowest BCUT2D eigenvalue weighted by Gasteiger charge is -2.25. The van der Waals surface area contributed by atoms with Gasteiger partial charge in [0.2, 0.25) is 0 Å². The number of ether oxygens (including phenoxy) is 1. The van der Waals surface area contributed by atoms with Crippen LogP contribution in [0.5, 0.6) is 0 Å². The van der Waals surface area contributed by atoms with Crippen molar-refractivity contribution in [3.05, 3.63) is 12.2 Å². The van der Waals surface area contributed by atoms with Crippen LogP contribution in [0.25, 0.3) is 0 Å². The largest absolute Gasteiger partial charge is 0.444 e. The first-order valence-corrected chi connectivity index (χ1v) is 8.60. The lowest BCUT2D eigenvalue weighted by atomic mass is 9.93. The van der Waals surface area contributed by atoms with Crippen LogP contribution >= 0.6 is 0 Å². The van der Waals surface area contributed by atoms with Crippen molar-refractivity contribution in [1.29, 1.82) is 0 Å². The number of amides is 1. The molecule has 2 atom stereocenters. The van der Waals surface area contributed by atoms with E-state index in [9.17, 15) is 4.79 Å². The van der Waals surface area contributed by atoms with Crippen molar-refractivity contribution in [1.82, 2.24) is 10.6 Å². The molecular formula is C18H34N2O2. The average molecular weight is 310 g/mol. The third kappa shape index (κ3) is 8.42. The summed E-state index contributed by atoms with van der Waals surface area (Å²) in [7, 11) is 0. The molecule has 4 nitrogen and oxygen atoms in total. The predicted octanol–water partition coefficient (Wildman–Crippen LogP) is 3.73. The quantitative estimate of drug-likeness (QED) is 0.704. The highest BCUT2D eigenvalue weighted by molar-refractivity contribution is 5.67. The van der Waals surface area contributed by atoms with Crippen molar-refractivity contribution in [2.45, 2.75) is 59.5 Å². The molecule has 0 fully saturated rings. The van der Waals surface area contributed by atoms with Crippen LogP contribution in [0.1, 0.15) is 53.9 Å². The van der Waals surface area contributed by atoms with Crippen molar-refractivity contribution in [2.75, 3.05) is 19.6 Å². The molecule has 0 aliphatic heterocycles. The third-order valence-electron chi connectivity index (χ3n) is 4.07. The van der Waals surface area contributed by atoms with Gasteiger partial charge in [-0.15, -0.1) is 0 Å². The second kappa shape index (κ2) is 9.19. The van der Waals surface area contributed by atoms with E-state index in [1.54, 1.807) is 0 Å². The van der Waals surface area contributed by atoms with Gasteiger partial charge in [0, 0.05) is 6.54 Å². The molecule has 1 aliphatic rings. The van der Waals surface area contributed by atoms with Gasteiger partial charge in [-0.1, -0.05) is 26.0 Å². The standard InChI is InChI=1S/C18H34N2O2/c1-14(2)16(13-20-17(21)22-18(3,4)5)12-19-11-15-9-7-6-8-10-15/h6-7,14-16,19H,8-13H2,1-5H3,(H,20,21). The first kappa shape index (κ1) is 19.0. The minimum absolute atomic E-state index is 0.324. The summed E-state index contributed by atoms with van der Waals surface area (Å²) in [6, 6.07) is 0. The summed E-state index contributed by atoms with van der Waals surface area (Å²) < 4.78 is 5.29. The molecule has 0 aromatic heterocycles. The minimum Gasteiger partial charge on any atom is -0.444 e. The molecule has 2 N–H and O–H groups in total. The molecule has 0 radical (unpaired) electrons. The Morgan fingerprint density at radius 3 is 2.55 bits per heavy atom. The normalized spacial score (nSPS) is 20.0. The molecule has 0 spiro atoms. The highest BCUT2D eigenvalue weighted by atomic mass is 16.6. The summed E-state index contributed by atoms with van der Waals surface area (Å²) in [6.45, 7) is 12.7. The van der Waals surface area contributed by atoms with E-state index >= 15 is 0 Å². The smallest absolute Gasteiger partial charge is 0.407 e. The Labute approximate surface area is 136 Å². The molecule has 1 rings (SSSR count). The minimum atomic E-state index is -0.440. The Morgan fingerprint density at radius 2 is 2.00 bits per heavy atom. The second-order valence-corrected chi connectivity index (χ2v) is 7.70. The van der Waals surface area contributed by atoms with Crippen molar-refractivity contribution in [3.63, 3.8) is 0 Å². The summed E-state index contributed by atoms with van der Waals surface area (Å²) >= 11 is 0. The van der Waals surface area contributed by atoms with E-state index in [0.29, 0.717) is 18.4 Å². The highest BCUT2D eigenvalue weighted by Gasteiger charge is 2.19. The fourth-order valence-corrected chi connectivity index (χ4v) is 2.59. The zero-order valence-electron chi connectivity index (χ0n) is 14.9. The van der Waals surface area contributed by atoms with Gasteiger partial charge in [0.1, 0.15) is 5.60 Å². The molecule has 0 saturated carbocycles. The van der Waals surface area contributed by atoms with Crippen LogP contribution in [0.2, 0.25) is 0 Å². The van der Waals surface area contributed by atoms with Gasteiger partial charge in [-0.3, -0.25) is 0 Å². The van der Waals surface area contributed by atoms with Crippen molar-refractivity contribution >= 4 is 6.09 Å². The Kier molecular flexibility index (Phi) is 7.94. The molecule has 1 aliphatic carbocycles. The Hall–Kier alpha value is -1.03. The molecule has 128 valence electrons. The molecule has 2 unspecified atom stereocenters. The monoisotopic (exact) mass is 310 g/mol. The van der Waals surface area contributed by atoms with E-state index in [4.69, 9.17) is 4.74 Å². The van der Waals surface area contributed by atoms with Crippen LogP contribution in [0.15, 0.2) is 12.2 Å². The fourth-order valence-electron chi connectivity index (χ4n) is 2.59. The van der Waals surface area contributed by atoms with Crippen LogP contribution < -0.4 is 10.6 Å². The van der Waals surface area contributed by atoms with Gasteiger partial charge >= 0.3 is 6.09 Å². The maximum atomic E-state index is 11.7. The second-order valence-electron chi connectivity index (χ2n) is 7.70. The van der Waals surface area contributed by atoms with Gasteiger partial charge in [0.05, 0.1) is 0 Å². The molecule has 0 aromatic rings. The SMILES string of the molecule is CC(C)C(CNCC1CC=CCC1)CNC(=O)OC(C)(C)C.